The third-order valence-electron chi connectivity index (χ3n) is 3.38. The van der Waals surface area contributed by atoms with Crippen LogP contribution in [0.25, 0.3) is 0 Å². The quantitative estimate of drug-likeness (QED) is 0.292. The van der Waals surface area contributed by atoms with Gasteiger partial charge in [-0.1, -0.05) is 32.3 Å². The van der Waals surface area contributed by atoms with Crippen molar-refractivity contribution in [3.63, 3.8) is 0 Å². The van der Waals surface area contributed by atoms with E-state index in [0.717, 1.165) is 29.7 Å². The van der Waals surface area contributed by atoms with Crippen molar-refractivity contribution in [3.05, 3.63) is 42.0 Å². The maximum absolute atomic E-state index is 9.37. The van der Waals surface area contributed by atoms with E-state index in [9.17, 15) is 5.21 Å². The lowest BCUT2D eigenvalue weighted by Crippen LogP contribution is -2.17. The molecule has 1 heterocycles. The summed E-state index contributed by atoms with van der Waals surface area (Å²) in [5.41, 5.74) is 1.85. The number of rotatable bonds is 6. The predicted octanol–water partition coefficient (Wildman–Crippen LogP) is 3.26. The molecule has 0 spiro atoms. The van der Waals surface area contributed by atoms with Gasteiger partial charge in [0, 0.05) is 5.56 Å². The maximum atomic E-state index is 9.37. The number of oxime groups is 1. The highest BCUT2D eigenvalue weighted by Gasteiger charge is 2.16. The highest BCUT2D eigenvalue weighted by Crippen LogP contribution is 2.26. The van der Waals surface area contributed by atoms with Gasteiger partial charge in [-0.3, -0.25) is 0 Å². The molecule has 0 saturated carbocycles. The summed E-state index contributed by atoms with van der Waals surface area (Å²) in [6.07, 6.45) is 5.04. The van der Waals surface area contributed by atoms with Crippen LogP contribution in [0, 0.1) is 0 Å². The van der Waals surface area contributed by atoms with Gasteiger partial charge >= 0.3 is 0 Å². The molecule has 6 nitrogen and oxygen atoms in total. The average molecular weight is 302 g/mol. The predicted molar refractivity (Wildman–Crippen MR) is 84.7 cm³/mol. The molecule has 0 radical (unpaired) electrons. The van der Waals surface area contributed by atoms with Crippen LogP contribution in [0.4, 0.5) is 0 Å². The summed E-state index contributed by atoms with van der Waals surface area (Å²) in [5, 5.41) is 16.8. The summed E-state index contributed by atoms with van der Waals surface area (Å²) >= 11 is 0. The molecule has 0 saturated heterocycles. The Hall–Kier alpha value is -2.37. The van der Waals surface area contributed by atoms with Gasteiger partial charge in [-0.05, 0) is 36.1 Å². The van der Waals surface area contributed by atoms with Crippen molar-refractivity contribution in [1.29, 1.82) is 0 Å². The molecular weight excluding hydrogens is 280 g/mol. The fraction of sp³-hybridized carbons (Fsp3) is 0.438. The number of benzene rings is 1. The Morgan fingerprint density at radius 3 is 2.82 bits per heavy atom. The van der Waals surface area contributed by atoms with Crippen LogP contribution in [-0.4, -0.2) is 32.4 Å². The first-order valence-electron chi connectivity index (χ1n) is 7.51. The molecule has 1 aromatic heterocycles. The zero-order valence-corrected chi connectivity index (χ0v) is 13.2. The van der Waals surface area contributed by atoms with Crippen LogP contribution in [-0.2, 0) is 0 Å². The van der Waals surface area contributed by atoms with E-state index in [2.05, 4.69) is 36.0 Å². The van der Waals surface area contributed by atoms with Gasteiger partial charge in [0.05, 0.1) is 6.61 Å². The van der Waals surface area contributed by atoms with Crippen LogP contribution < -0.4 is 4.74 Å². The third-order valence-corrected chi connectivity index (χ3v) is 3.38. The van der Waals surface area contributed by atoms with Crippen LogP contribution in [0.15, 0.2) is 36.0 Å². The van der Waals surface area contributed by atoms with Gasteiger partial charge in [0.2, 0.25) is 5.84 Å². The van der Waals surface area contributed by atoms with Gasteiger partial charge in [-0.15, -0.1) is 0 Å². The van der Waals surface area contributed by atoms with Crippen molar-refractivity contribution < 1.29 is 9.94 Å². The summed E-state index contributed by atoms with van der Waals surface area (Å²) in [6.45, 7) is 7.02. The van der Waals surface area contributed by atoms with E-state index in [-0.39, 0.29) is 5.92 Å². The number of nitrogens with zero attached hydrogens (tertiary/aromatic N) is 4. The van der Waals surface area contributed by atoms with Crippen LogP contribution >= 0.6 is 0 Å². The lowest BCUT2D eigenvalue weighted by atomic mass is 9.96. The van der Waals surface area contributed by atoms with E-state index in [1.165, 1.54) is 17.3 Å². The standard InChI is InChI=1S/C16H22N4O2/c1-4-5-8-22-13-6-7-14(15(9-13)12(2)3)16(19-21)20-11-17-10-18-20/h6-7,9-12,21H,4-5,8H2,1-3H3. The number of unbranched alkanes of at least 4 members (excludes halogenated alkanes) is 1. The Morgan fingerprint density at radius 1 is 1.41 bits per heavy atom. The van der Waals surface area contributed by atoms with Crippen molar-refractivity contribution in [2.24, 2.45) is 5.16 Å². The van der Waals surface area contributed by atoms with E-state index in [1.807, 2.05) is 18.2 Å². The maximum Gasteiger partial charge on any atom is 0.201 e. The molecule has 0 aliphatic carbocycles. The van der Waals surface area contributed by atoms with Crippen molar-refractivity contribution in [2.45, 2.75) is 39.5 Å². The zero-order valence-electron chi connectivity index (χ0n) is 13.2. The molecule has 2 rings (SSSR count). The molecule has 0 atom stereocenters. The van der Waals surface area contributed by atoms with Crippen LogP contribution in [0.2, 0.25) is 0 Å². The van der Waals surface area contributed by atoms with Crippen molar-refractivity contribution >= 4 is 5.84 Å². The summed E-state index contributed by atoms with van der Waals surface area (Å²) < 4.78 is 7.20. The molecule has 0 aliphatic heterocycles. The number of hydrogen-bond donors (Lipinski definition) is 1. The van der Waals surface area contributed by atoms with Gasteiger partial charge in [0.25, 0.3) is 0 Å². The van der Waals surface area contributed by atoms with E-state index in [0.29, 0.717) is 12.4 Å². The molecule has 118 valence electrons. The van der Waals surface area contributed by atoms with Gasteiger partial charge < -0.3 is 9.94 Å². The first-order chi connectivity index (χ1) is 10.7. The van der Waals surface area contributed by atoms with Gasteiger partial charge in [0.15, 0.2) is 0 Å². The molecule has 0 unspecified atom stereocenters. The molecule has 0 amide bonds. The van der Waals surface area contributed by atoms with Crippen LogP contribution in [0.3, 0.4) is 0 Å². The normalized spacial score (nSPS) is 11.9. The summed E-state index contributed by atoms with van der Waals surface area (Å²) in [4.78, 5) is 3.89. The second kappa shape index (κ2) is 7.59. The fourth-order valence-electron chi connectivity index (χ4n) is 2.19. The van der Waals surface area contributed by atoms with E-state index >= 15 is 0 Å². The van der Waals surface area contributed by atoms with E-state index in [4.69, 9.17) is 4.74 Å². The number of hydrogen-bond acceptors (Lipinski definition) is 5. The Bertz CT molecular complexity index is 621. The zero-order chi connectivity index (χ0) is 15.9. The lowest BCUT2D eigenvalue weighted by Gasteiger charge is -2.15. The first-order valence-corrected chi connectivity index (χ1v) is 7.51. The van der Waals surface area contributed by atoms with Gasteiger partial charge in [0.1, 0.15) is 18.4 Å². The lowest BCUT2D eigenvalue weighted by molar-refractivity contribution is 0.308. The van der Waals surface area contributed by atoms with Crippen LogP contribution in [0.1, 0.15) is 50.7 Å². The van der Waals surface area contributed by atoms with Crippen molar-refractivity contribution in [2.75, 3.05) is 6.61 Å². The topological polar surface area (TPSA) is 72.5 Å². The molecule has 1 N–H and O–H groups in total. The number of ether oxygens (including phenoxy) is 1. The Morgan fingerprint density at radius 2 is 2.23 bits per heavy atom. The average Bonchev–Trinajstić information content (AvgIpc) is 3.03. The highest BCUT2D eigenvalue weighted by molar-refractivity contribution is 6.00. The highest BCUT2D eigenvalue weighted by atomic mass is 16.5. The van der Waals surface area contributed by atoms with Crippen LogP contribution in [0.5, 0.6) is 5.75 Å². The smallest absolute Gasteiger partial charge is 0.201 e. The second-order valence-electron chi connectivity index (χ2n) is 5.37. The fourth-order valence-corrected chi connectivity index (χ4v) is 2.19. The minimum Gasteiger partial charge on any atom is -0.494 e. The molecular formula is C16H22N4O2. The van der Waals surface area contributed by atoms with Crippen molar-refractivity contribution in [1.82, 2.24) is 14.8 Å². The van der Waals surface area contributed by atoms with E-state index < -0.39 is 0 Å². The molecule has 6 heteroatoms. The monoisotopic (exact) mass is 302 g/mol. The largest absolute Gasteiger partial charge is 0.494 e. The first kappa shape index (κ1) is 16.0. The van der Waals surface area contributed by atoms with Gasteiger partial charge in [-0.25, -0.2) is 4.98 Å². The number of aromatic nitrogens is 3. The third kappa shape index (κ3) is 3.63. The van der Waals surface area contributed by atoms with E-state index in [1.54, 1.807) is 0 Å². The second-order valence-corrected chi connectivity index (χ2v) is 5.37. The minimum absolute atomic E-state index is 0.255. The SMILES string of the molecule is CCCCOc1ccc(C(=NO)n2cncn2)c(C(C)C)c1. The summed E-state index contributed by atoms with van der Waals surface area (Å²) in [7, 11) is 0. The molecule has 1 aromatic carbocycles. The molecule has 0 fully saturated rings. The summed E-state index contributed by atoms with van der Waals surface area (Å²) in [5.74, 6) is 1.43. The van der Waals surface area contributed by atoms with Gasteiger partial charge in [-0.2, -0.15) is 9.78 Å². The Labute approximate surface area is 130 Å². The Kier molecular flexibility index (Phi) is 5.52. The molecule has 0 aliphatic rings. The minimum atomic E-state index is 0.255. The van der Waals surface area contributed by atoms with Crippen molar-refractivity contribution in [3.8, 4) is 5.75 Å². The molecule has 22 heavy (non-hydrogen) atoms. The Balaban J connectivity index is 2.35. The molecule has 2 aromatic rings. The summed E-state index contributed by atoms with van der Waals surface area (Å²) in [6, 6.07) is 5.78. The molecule has 0 bridgehead atoms.